The van der Waals surface area contributed by atoms with Crippen molar-refractivity contribution in [3.05, 3.63) is 48.9 Å². The normalized spacial score (nSPS) is 11.1. The molecule has 26 heteroatoms. The molecular weight excluding hydrogens is 1300 g/mol. The molecule has 8 heterocycles. The van der Waals surface area contributed by atoms with Crippen LogP contribution in [0.4, 0.5) is 0 Å². The summed E-state index contributed by atoms with van der Waals surface area (Å²) in [6, 6.07) is 0. The van der Waals surface area contributed by atoms with E-state index in [1.807, 2.05) is 32.1 Å². The number of sulfone groups is 2. The van der Waals surface area contributed by atoms with Crippen molar-refractivity contribution in [3.63, 3.8) is 0 Å². The van der Waals surface area contributed by atoms with Gasteiger partial charge >= 0.3 is 36.3 Å². The first-order valence-electron chi connectivity index (χ1n) is 24.1. The number of rotatable bonds is 23. The quantitative estimate of drug-likeness (QED) is 0.0370. The average molecular weight is 1370 g/mol. The van der Waals surface area contributed by atoms with Crippen LogP contribution in [0, 0.1) is 20.8 Å². The summed E-state index contributed by atoms with van der Waals surface area (Å²) >= 11 is 22.2. The van der Waals surface area contributed by atoms with Gasteiger partial charge in [0.1, 0.15) is 5.52 Å². The van der Waals surface area contributed by atoms with Gasteiger partial charge in [-0.05, 0) is 78.3 Å². The van der Waals surface area contributed by atoms with Gasteiger partial charge in [0.25, 0.3) is 0 Å². The van der Waals surface area contributed by atoms with Crippen LogP contribution in [-0.4, -0.2) is 64.3 Å². The molecule has 0 bridgehead atoms. The minimum atomic E-state index is -3.25. The number of hydrogen-bond acceptors (Lipinski definition) is 20. The molecule has 0 saturated carbocycles. The van der Waals surface area contributed by atoms with Gasteiger partial charge in [-0.15, -0.1) is 90.7 Å². The van der Waals surface area contributed by atoms with Crippen LogP contribution >= 0.6 is 135 Å². The maximum absolute atomic E-state index is 12.4. The zero-order chi connectivity index (χ0) is 53.8. The number of unbranched alkanes of at least 4 members (excludes halogenated alkanes) is 15. The van der Waals surface area contributed by atoms with Gasteiger partial charge in [0.15, 0.2) is 0 Å². The van der Waals surface area contributed by atoms with Crippen LogP contribution in [0.2, 0.25) is 0 Å². The second kappa shape index (κ2) is 38.0. The second-order valence-electron chi connectivity index (χ2n) is 16.6. The predicted octanol–water partition coefficient (Wildman–Crippen LogP) is 19.2. The van der Waals surface area contributed by atoms with Crippen molar-refractivity contribution in [2.75, 3.05) is 11.5 Å². The average Bonchev–Trinajstić information content (AvgIpc) is 4.22. The number of hydrogen-bond donors (Lipinski definition) is 1. The molecule has 0 unspecified atom stereocenters. The molecule has 1 radical (unpaired) electrons. The molecule has 0 N–H and O–H groups in total. The molecule has 8 rings (SSSR count). The number of thiazole rings is 4. The standard InChI is InChI=1S/C15H23NO2S3.C13H17Br2NO2S3.C13H19NS2.C6H5NS2.CH4.BHNS.O2S/c1-4-5-6-7-8-9-10-21(17,18)15-16-13-11(2)19-12(3)14(13)20-15;1-2-3-4-5-6-7-8-21(17,18)13-16-9-10(19-13)12(15)20-11(9)14;1-2-3-4-5-6-7-8-13-14-11-9-15-10-12(11)16-13;1-4-7-5-2-8-3-6(5)9-4;;1-2-3;1-3-2/h4-10H2,1-3H3;2-8H2,1H3;9-10H,2-8H2,1H3;2-3H,1H3;1H4;3H;. The van der Waals surface area contributed by atoms with Crippen LogP contribution in [-0.2, 0) is 37.7 Å². The van der Waals surface area contributed by atoms with Gasteiger partial charge in [-0.2, -0.15) is 8.42 Å². The number of aryl methyl sites for hydroxylation is 4. The number of fused-ring (bicyclic) bond motifs is 4. The summed E-state index contributed by atoms with van der Waals surface area (Å²) in [7, 11) is -2.12. The van der Waals surface area contributed by atoms with Crippen molar-refractivity contribution >= 4 is 215 Å². The van der Waals surface area contributed by atoms with E-state index >= 15 is 0 Å². The van der Waals surface area contributed by atoms with Gasteiger partial charge in [-0.3, -0.25) is 0 Å². The van der Waals surface area contributed by atoms with E-state index in [1.54, 1.807) is 45.3 Å². The molecule has 0 aliphatic rings. The van der Waals surface area contributed by atoms with E-state index in [1.165, 1.54) is 142 Å². The van der Waals surface area contributed by atoms with E-state index < -0.39 is 31.2 Å². The number of halogens is 2. The number of thiophene rings is 4. The fourth-order valence-corrected chi connectivity index (χ4v) is 20.7. The van der Waals surface area contributed by atoms with Crippen LogP contribution < -0.4 is 0 Å². The zero-order valence-corrected chi connectivity index (χ0v) is 55.2. The number of thiol groups is 1. The first-order valence-corrected chi connectivity index (χ1v) is 36.9. The maximum atomic E-state index is 12.4. The Bertz CT molecular complexity index is 2840. The Balaban J connectivity index is 0.000000333. The number of aromatic nitrogens is 4. The molecule has 0 fully saturated rings. The Morgan fingerprint density at radius 1 is 0.554 bits per heavy atom. The van der Waals surface area contributed by atoms with Gasteiger partial charge in [-0.25, -0.2) is 36.8 Å². The molecule has 0 amide bonds. The topological polar surface area (TPSA) is 166 Å². The summed E-state index contributed by atoms with van der Waals surface area (Å²) in [5, 5.41) is 11.1. The van der Waals surface area contributed by atoms with Crippen LogP contribution in [0.15, 0.2) is 42.1 Å². The molecule has 0 spiro atoms. The fraction of sp³-hybridized carbons (Fsp3) is 0.583. The SMILES string of the molecule is C.CCCCCCCCS(=O)(=O)c1nc2c(Br)sc(Br)c2s1.CCCCCCCCS(=O)(=O)c1nc2c(C)sc(C)c2s1.CCCCCCCCc1nc2cscc2s1.Cc1nc2cscc2s1.O=S=O.[B]=NS. The summed E-state index contributed by atoms with van der Waals surface area (Å²) in [5.74, 6) is 0.435. The van der Waals surface area contributed by atoms with Gasteiger partial charge in [0.05, 0.1) is 64.4 Å². The second-order valence-corrected chi connectivity index (χ2v) is 32.5. The summed E-state index contributed by atoms with van der Waals surface area (Å²) < 4.78 is 75.7. The number of nitrogens with zero attached hydrogens (tertiary/aromatic N) is 5. The van der Waals surface area contributed by atoms with Crippen LogP contribution in [0.25, 0.3) is 40.9 Å². The first kappa shape index (κ1) is 69.4. The Kier molecular flexibility index (Phi) is 35.6. The molecule has 0 aliphatic carbocycles. The van der Waals surface area contributed by atoms with E-state index in [2.05, 4.69) is 119 Å². The summed E-state index contributed by atoms with van der Waals surface area (Å²) in [6.45, 7) is 12.7. The third kappa shape index (κ3) is 23.9. The minimum absolute atomic E-state index is 0. The summed E-state index contributed by atoms with van der Waals surface area (Å²) in [6.07, 6.45) is 22.4. The van der Waals surface area contributed by atoms with Crippen molar-refractivity contribution in [2.45, 2.75) is 180 Å². The Hall–Kier alpha value is -0.745. The zero-order valence-electron chi connectivity index (χ0n) is 42.1. The van der Waals surface area contributed by atoms with Crippen LogP contribution in [0.3, 0.4) is 0 Å². The van der Waals surface area contributed by atoms with E-state index in [-0.39, 0.29) is 23.3 Å². The monoisotopic (exact) mass is 1360 g/mol. The van der Waals surface area contributed by atoms with Crippen molar-refractivity contribution in [1.29, 1.82) is 0 Å². The van der Waals surface area contributed by atoms with Gasteiger partial charge < -0.3 is 0 Å². The summed E-state index contributed by atoms with van der Waals surface area (Å²) in [5.41, 5.74) is 3.99. The van der Waals surface area contributed by atoms with Gasteiger partial charge in [0.2, 0.25) is 28.4 Å². The van der Waals surface area contributed by atoms with Crippen molar-refractivity contribution in [2.24, 2.45) is 4.30 Å². The Morgan fingerprint density at radius 3 is 1.45 bits per heavy atom. The molecule has 0 aliphatic heterocycles. The predicted molar refractivity (Wildman–Crippen MR) is 340 cm³/mol. The Morgan fingerprint density at radius 2 is 0.986 bits per heavy atom. The first-order chi connectivity index (χ1) is 35.0. The third-order valence-electron chi connectivity index (χ3n) is 10.8. The van der Waals surface area contributed by atoms with Crippen molar-refractivity contribution in [1.82, 2.24) is 19.9 Å². The fourth-order valence-electron chi connectivity index (χ4n) is 7.10. The van der Waals surface area contributed by atoms with Crippen molar-refractivity contribution in [3.8, 4) is 0 Å². The molecule has 411 valence electrons. The molecule has 0 aromatic carbocycles. The molecule has 8 aromatic rings. The van der Waals surface area contributed by atoms with E-state index in [9.17, 15) is 16.8 Å². The third-order valence-corrected chi connectivity index (χ3v) is 25.3. The van der Waals surface area contributed by atoms with Crippen molar-refractivity contribution < 1.29 is 25.3 Å². The van der Waals surface area contributed by atoms with Gasteiger partial charge in [0, 0.05) is 31.3 Å². The van der Waals surface area contributed by atoms with E-state index in [4.69, 9.17) is 8.42 Å². The van der Waals surface area contributed by atoms with E-state index in [0.29, 0.717) is 4.34 Å². The Labute approximate surface area is 499 Å². The van der Waals surface area contributed by atoms with Crippen LogP contribution in [0.5, 0.6) is 0 Å². The molecule has 0 saturated heterocycles. The molecule has 0 atom stereocenters. The molecular formula is C48H69BBr2N5O6S12. The summed E-state index contributed by atoms with van der Waals surface area (Å²) in [4.78, 5) is 19.9. The van der Waals surface area contributed by atoms with Gasteiger partial charge in [-0.1, -0.05) is 125 Å². The molecule has 8 aromatic heterocycles. The van der Waals surface area contributed by atoms with E-state index in [0.717, 1.165) is 81.9 Å². The molecule has 11 nitrogen and oxygen atoms in total. The van der Waals surface area contributed by atoms with Crippen LogP contribution in [0.1, 0.15) is 164 Å². The molecule has 74 heavy (non-hydrogen) atoms.